The van der Waals surface area contributed by atoms with Crippen molar-refractivity contribution in [3.05, 3.63) is 28.8 Å². The number of carbonyl (C=O) groups excluding carboxylic acids is 1. The van der Waals surface area contributed by atoms with Crippen LogP contribution in [0.25, 0.3) is 0 Å². The first-order chi connectivity index (χ1) is 8.81. The van der Waals surface area contributed by atoms with E-state index in [0.717, 1.165) is 5.56 Å². The molecule has 0 spiro atoms. The van der Waals surface area contributed by atoms with E-state index in [0.29, 0.717) is 10.7 Å². The van der Waals surface area contributed by atoms with Crippen LogP contribution in [-0.2, 0) is 4.79 Å². The second-order valence-electron chi connectivity index (χ2n) is 4.50. The Labute approximate surface area is 117 Å². The highest BCUT2D eigenvalue weighted by Gasteiger charge is 2.21. The Bertz CT molecular complexity index is 491. The van der Waals surface area contributed by atoms with Crippen molar-refractivity contribution < 1.29 is 14.7 Å². The van der Waals surface area contributed by atoms with Gasteiger partial charge < -0.3 is 15.7 Å². The van der Waals surface area contributed by atoms with E-state index in [2.05, 4.69) is 10.6 Å². The highest BCUT2D eigenvalue weighted by molar-refractivity contribution is 6.33. The number of halogens is 1. The summed E-state index contributed by atoms with van der Waals surface area (Å²) in [5.74, 6) is -1.62. The highest BCUT2D eigenvalue weighted by atomic mass is 35.5. The van der Waals surface area contributed by atoms with Crippen molar-refractivity contribution in [1.82, 2.24) is 5.32 Å². The molecule has 0 saturated carbocycles. The molecule has 0 aliphatic rings. The van der Waals surface area contributed by atoms with Gasteiger partial charge in [0, 0.05) is 6.04 Å². The number of aryl methyl sites for hydroxylation is 1. The van der Waals surface area contributed by atoms with Gasteiger partial charge in [-0.15, -0.1) is 0 Å². The smallest absolute Gasteiger partial charge is 0.319 e. The second-order valence-corrected chi connectivity index (χ2v) is 4.90. The standard InChI is InChI=1S/C13H17ClN2O3/c1-7-4-5-10(14)11(6-7)16-13(19)15-9(3)8(2)12(17)18/h4-6,8-9H,1-3H3,(H,17,18)(H2,15,16,19). The quantitative estimate of drug-likeness (QED) is 0.795. The van der Waals surface area contributed by atoms with Crippen LogP contribution in [0.1, 0.15) is 19.4 Å². The summed E-state index contributed by atoms with van der Waals surface area (Å²) >= 11 is 5.95. The minimum atomic E-state index is -0.957. The van der Waals surface area contributed by atoms with Gasteiger partial charge in [0.05, 0.1) is 16.6 Å². The lowest BCUT2D eigenvalue weighted by atomic mass is 10.0. The number of aliphatic carboxylic acids is 1. The summed E-state index contributed by atoms with van der Waals surface area (Å²) in [6.07, 6.45) is 0. The predicted octanol–water partition coefficient (Wildman–Crippen LogP) is 2.88. The summed E-state index contributed by atoms with van der Waals surface area (Å²) in [6.45, 7) is 5.05. The zero-order valence-electron chi connectivity index (χ0n) is 11.0. The number of amides is 2. The number of carboxylic acids is 1. The molecule has 104 valence electrons. The van der Waals surface area contributed by atoms with Gasteiger partial charge in [-0.25, -0.2) is 4.79 Å². The summed E-state index contributed by atoms with van der Waals surface area (Å²) < 4.78 is 0. The Balaban J connectivity index is 2.65. The third-order valence-electron chi connectivity index (χ3n) is 2.87. The van der Waals surface area contributed by atoms with Crippen LogP contribution in [0.2, 0.25) is 5.02 Å². The molecule has 6 heteroatoms. The van der Waals surface area contributed by atoms with Crippen LogP contribution in [-0.4, -0.2) is 23.1 Å². The van der Waals surface area contributed by atoms with E-state index in [1.54, 1.807) is 19.1 Å². The first kappa shape index (κ1) is 15.3. The van der Waals surface area contributed by atoms with Crippen LogP contribution < -0.4 is 10.6 Å². The normalized spacial score (nSPS) is 13.5. The number of benzene rings is 1. The molecule has 0 heterocycles. The highest BCUT2D eigenvalue weighted by Crippen LogP contribution is 2.22. The van der Waals surface area contributed by atoms with E-state index in [-0.39, 0.29) is 0 Å². The molecular weight excluding hydrogens is 268 g/mol. The molecule has 0 fully saturated rings. The maximum atomic E-state index is 11.7. The zero-order valence-corrected chi connectivity index (χ0v) is 11.8. The third-order valence-corrected chi connectivity index (χ3v) is 3.20. The van der Waals surface area contributed by atoms with Gasteiger partial charge in [0.25, 0.3) is 0 Å². The lowest BCUT2D eigenvalue weighted by Crippen LogP contribution is -2.42. The van der Waals surface area contributed by atoms with Crippen LogP contribution in [0, 0.1) is 12.8 Å². The van der Waals surface area contributed by atoms with Gasteiger partial charge in [-0.3, -0.25) is 4.79 Å². The minimum absolute atomic E-state index is 0.430. The van der Waals surface area contributed by atoms with E-state index < -0.39 is 24.0 Å². The van der Waals surface area contributed by atoms with E-state index in [4.69, 9.17) is 16.7 Å². The molecule has 5 nitrogen and oxygen atoms in total. The maximum Gasteiger partial charge on any atom is 0.319 e. The second kappa shape index (κ2) is 6.43. The fourth-order valence-electron chi connectivity index (χ4n) is 1.44. The van der Waals surface area contributed by atoms with E-state index in [1.807, 2.05) is 13.0 Å². The SMILES string of the molecule is Cc1ccc(Cl)c(NC(=O)NC(C)C(C)C(=O)O)c1. The lowest BCUT2D eigenvalue weighted by molar-refractivity contribution is -0.141. The van der Waals surface area contributed by atoms with Crippen molar-refractivity contribution in [2.45, 2.75) is 26.8 Å². The van der Waals surface area contributed by atoms with Crippen molar-refractivity contribution >= 4 is 29.3 Å². The average Bonchev–Trinajstić information content (AvgIpc) is 2.32. The molecule has 0 aliphatic carbocycles. The number of urea groups is 1. The van der Waals surface area contributed by atoms with Gasteiger partial charge in [-0.2, -0.15) is 0 Å². The largest absolute Gasteiger partial charge is 0.481 e. The monoisotopic (exact) mass is 284 g/mol. The summed E-state index contributed by atoms with van der Waals surface area (Å²) in [4.78, 5) is 22.5. The number of carboxylic acid groups (broad SMARTS) is 1. The molecule has 0 bridgehead atoms. The van der Waals surface area contributed by atoms with Crippen molar-refractivity contribution in [2.75, 3.05) is 5.32 Å². The molecule has 3 N–H and O–H groups in total. The maximum absolute atomic E-state index is 11.7. The summed E-state index contributed by atoms with van der Waals surface area (Å²) in [7, 11) is 0. The van der Waals surface area contributed by atoms with Crippen molar-refractivity contribution in [3.63, 3.8) is 0 Å². The van der Waals surface area contributed by atoms with Crippen LogP contribution in [0.15, 0.2) is 18.2 Å². The number of rotatable bonds is 4. The third kappa shape index (κ3) is 4.44. The van der Waals surface area contributed by atoms with Gasteiger partial charge in [0.1, 0.15) is 0 Å². The molecule has 2 amide bonds. The molecule has 0 radical (unpaired) electrons. The van der Waals surface area contributed by atoms with Crippen LogP contribution in [0.3, 0.4) is 0 Å². The Hall–Kier alpha value is -1.75. The Morgan fingerprint density at radius 1 is 1.32 bits per heavy atom. The molecule has 1 rings (SSSR count). The van der Waals surface area contributed by atoms with Gasteiger partial charge in [-0.05, 0) is 38.5 Å². The van der Waals surface area contributed by atoms with Gasteiger partial charge in [0.2, 0.25) is 0 Å². The van der Waals surface area contributed by atoms with E-state index in [1.165, 1.54) is 6.92 Å². The van der Waals surface area contributed by atoms with Crippen LogP contribution >= 0.6 is 11.6 Å². The van der Waals surface area contributed by atoms with E-state index >= 15 is 0 Å². The Morgan fingerprint density at radius 2 is 1.95 bits per heavy atom. The molecule has 0 aromatic heterocycles. The van der Waals surface area contributed by atoms with Gasteiger partial charge in [0.15, 0.2) is 0 Å². The molecule has 1 aromatic carbocycles. The molecule has 2 atom stereocenters. The predicted molar refractivity (Wildman–Crippen MR) is 74.6 cm³/mol. The first-order valence-corrected chi connectivity index (χ1v) is 6.25. The summed E-state index contributed by atoms with van der Waals surface area (Å²) in [6, 6.07) is 4.30. The van der Waals surface area contributed by atoms with Crippen LogP contribution in [0.5, 0.6) is 0 Å². The van der Waals surface area contributed by atoms with Gasteiger partial charge >= 0.3 is 12.0 Å². The number of hydrogen-bond acceptors (Lipinski definition) is 2. The fraction of sp³-hybridized carbons (Fsp3) is 0.385. The molecule has 0 saturated heterocycles. The van der Waals surface area contributed by atoms with E-state index in [9.17, 15) is 9.59 Å². The Kier molecular flexibility index (Phi) is 5.18. The van der Waals surface area contributed by atoms with Gasteiger partial charge in [-0.1, -0.05) is 17.7 Å². The number of anilines is 1. The lowest BCUT2D eigenvalue weighted by Gasteiger charge is -2.18. The molecular formula is C13H17ClN2O3. The summed E-state index contributed by atoms with van der Waals surface area (Å²) in [5.41, 5.74) is 1.46. The zero-order chi connectivity index (χ0) is 14.6. The average molecular weight is 285 g/mol. The number of carbonyl (C=O) groups is 2. The topological polar surface area (TPSA) is 78.4 Å². The fourth-order valence-corrected chi connectivity index (χ4v) is 1.60. The number of hydrogen-bond donors (Lipinski definition) is 3. The number of nitrogens with one attached hydrogen (secondary N) is 2. The first-order valence-electron chi connectivity index (χ1n) is 5.87. The summed E-state index contributed by atoms with van der Waals surface area (Å²) in [5, 5.41) is 14.4. The van der Waals surface area contributed by atoms with Crippen molar-refractivity contribution in [1.29, 1.82) is 0 Å². The minimum Gasteiger partial charge on any atom is -0.481 e. The molecule has 2 unspecified atom stereocenters. The molecule has 0 aliphatic heterocycles. The Morgan fingerprint density at radius 3 is 2.53 bits per heavy atom. The molecule has 19 heavy (non-hydrogen) atoms. The van der Waals surface area contributed by atoms with Crippen LogP contribution in [0.4, 0.5) is 10.5 Å². The molecule has 1 aromatic rings. The van der Waals surface area contributed by atoms with Crippen molar-refractivity contribution in [2.24, 2.45) is 5.92 Å². The van der Waals surface area contributed by atoms with Crippen molar-refractivity contribution in [3.8, 4) is 0 Å².